The molecule has 0 spiro atoms. The maximum absolute atomic E-state index is 13.6. The van der Waals surface area contributed by atoms with Crippen LogP contribution in [0.2, 0.25) is 0 Å². The fourth-order valence-corrected chi connectivity index (χ4v) is 3.22. The summed E-state index contributed by atoms with van der Waals surface area (Å²) in [5.74, 6) is -0.764. The quantitative estimate of drug-likeness (QED) is 0.478. The number of carbonyl (C=O) groups is 1. The number of phenols is 1. The molecule has 28 heavy (non-hydrogen) atoms. The molecule has 0 bridgehead atoms. The van der Waals surface area contributed by atoms with Gasteiger partial charge in [0.1, 0.15) is 11.6 Å². The number of aromatic nitrogens is 2. The van der Waals surface area contributed by atoms with E-state index in [4.69, 9.17) is 5.73 Å². The highest BCUT2D eigenvalue weighted by Gasteiger charge is 2.18. The molecule has 0 unspecified atom stereocenters. The summed E-state index contributed by atoms with van der Waals surface area (Å²) in [4.78, 5) is 12.0. The lowest BCUT2D eigenvalue weighted by atomic mass is 10.0. The summed E-state index contributed by atoms with van der Waals surface area (Å²) in [7, 11) is 0. The van der Waals surface area contributed by atoms with Crippen LogP contribution in [0.3, 0.4) is 0 Å². The number of aliphatic hydroxyl groups is 1. The summed E-state index contributed by atoms with van der Waals surface area (Å²) >= 11 is 0. The van der Waals surface area contributed by atoms with Crippen LogP contribution in [0, 0.1) is 5.82 Å². The molecule has 0 atom stereocenters. The highest BCUT2D eigenvalue weighted by Crippen LogP contribution is 2.18. The molecule has 7 heteroatoms. The standard InChI is InChI=1S/C21H22FN3O3/c22-16-10-14(9-15(11-16)12-26)4-8-19-20(21(23)28)18(24-25-19)7-3-13-1-5-17(27)6-2-13/h1-2,5-6,9-11,26-27H,3-4,7-8,12H2,(H2,23,28)(H,24,25). The van der Waals surface area contributed by atoms with Gasteiger partial charge in [0.25, 0.3) is 5.91 Å². The summed E-state index contributed by atoms with van der Waals surface area (Å²) < 4.78 is 13.6. The number of nitrogens with one attached hydrogen (secondary N) is 1. The van der Waals surface area contributed by atoms with Gasteiger partial charge in [-0.05, 0) is 66.6 Å². The Balaban J connectivity index is 1.72. The first-order valence-corrected chi connectivity index (χ1v) is 8.99. The van der Waals surface area contributed by atoms with E-state index < -0.39 is 11.7 Å². The Bertz CT molecular complexity index is 968. The number of primary amides is 1. The third-order valence-electron chi connectivity index (χ3n) is 4.61. The molecule has 0 radical (unpaired) electrons. The number of aromatic amines is 1. The highest BCUT2D eigenvalue weighted by atomic mass is 19.1. The van der Waals surface area contributed by atoms with Crippen LogP contribution < -0.4 is 5.73 Å². The number of amides is 1. The lowest BCUT2D eigenvalue weighted by molar-refractivity contribution is 0.0998. The third-order valence-corrected chi connectivity index (χ3v) is 4.61. The molecule has 5 N–H and O–H groups in total. The maximum atomic E-state index is 13.6. The number of aromatic hydroxyl groups is 1. The normalized spacial score (nSPS) is 10.9. The Kier molecular flexibility index (Phi) is 6.06. The van der Waals surface area contributed by atoms with Crippen molar-refractivity contribution in [2.75, 3.05) is 0 Å². The van der Waals surface area contributed by atoms with Crippen molar-refractivity contribution in [1.29, 1.82) is 0 Å². The zero-order valence-corrected chi connectivity index (χ0v) is 15.3. The Morgan fingerprint density at radius 3 is 2.36 bits per heavy atom. The van der Waals surface area contributed by atoms with Crippen LogP contribution in [0.15, 0.2) is 42.5 Å². The van der Waals surface area contributed by atoms with E-state index in [0.717, 1.165) is 5.56 Å². The lowest BCUT2D eigenvalue weighted by Crippen LogP contribution is -2.15. The molecule has 0 aliphatic carbocycles. The van der Waals surface area contributed by atoms with Crippen LogP contribution in [-0.4, -0.2) is 26.3 Å². The van der Waals surface area contributed by atoms with Crippen molar-refractivity contribution in [2.24, 2.45) is 5.73 Å². The topological polar surface area (TPSA) is 112 Å². The van der Waals surface area contributed by atoms with Gasteiger partial charge in [-0.2, -0.15) is 5.10 Å². The lowest BCUT2D eigenvalue weighted by Gasteiger charge is -2.05. The van der Waals surface area contributed by atoms with E-state index in [1.54, 1.807) is 18.2 Å². The van der Waals surface area contributed by atoms with Gasteiger partial charge in [-0.25, -0.2) is 4.39 Å². The number of hydrogen-bond donors (Lipinski definition) is 4. The van der Waals surface area contributed by atoms with Crippen molar-refractivity contribution >= 4 is 5.91 Å². The van der Waals surface area contributed by atoms with E-state index in [0.29, 0.717) is 53.8 Å². The van der Waals surface area contributed by atoms with Gasteiger partial charge >= 0.3 is 0 Å². The van der Waals surface area contributed by atoms with E-state index in [1.807, 2.05) is 12.1 Å². The molecular weight excluding hydrogens is 361 g/mol. The van der Waals surface area contributed by atoms with E-state index in [-0.39, 0.29) is 12.4 Å². The fraction of sp³-hybridized carbons (Fsp3) is 0.238. The first-order valence-electron chi connectivity index (χ1n) is 8.99. The number of benzene rings is 2. The van der Waals surface area contributed by atoms with Crippen LogP contribution in [0.5, 0.6) is 5.75 Å². The molecule has 0 fully saturated rings. The molecule has 2 aromatic carbocycles. The SMILES string of the molecule is NC(=O)c1c(CCc2cc(F)cc(CO)c2)n[nH]c1CCc1ccc(O)cc1. The first-order chi connectivity index (χ1) is 13.5. The Labute approximate surface area is 161 Å². The van der Waals surface area contributed by atoms with Gasteiger partial charge in [0.2, 0.25) is 0 Å². The van der Waals surface area contributed by atoms with Crippen molar-refractivity contribution in [2.45, 2.75) is 32.3 Å². The number of aliphatic hydroxyl groups excluding tert-OH is 1. The number of halogens is 1. The summed E-state index contributed by atoms with van der Waals surface area (Å²) in [5.41, 5.74) is 9.37. The van der Waals surface area contributed by atoms with E-state index >= 15 is 0 Å². The van der Waals surface area contributed by atoms with Crippen LogP contribution in [0.4, 0.5) is 4.39 Å². The highest BCUT2D eigenvalue weighted by molar-refractivity contribution is 5.95. The monoisotopic (exact) mass is 383 g/mol. The minimum atomic E-state index is -0.556. The van der Waals surface area contributed by atoms with Crippen molar-refractivity contribution in [3.8, 4) is 5.75 Å². The summed E-state index contributed by atoms with van der Waals surface area (Å²) in [5, 5.41) is 25.7. The van der Waals surface area contributed by atoms with E-state index in [9.17, 15) is 19.4 Å². The predicted molar refractivity (Wildman–Crippen MR) is 102 cm³/mol. The number of H-pyrrole nitrogens is 1. The molecule has 1 amide bonds. The molecular formula is C21H22FN3O3. The Morgan fingerprint density at radius 2 is 1.68 bits per heavy atom. The Morgan fingerprint density at radius 1 is 1.00 bits per heavy atom. The zero-order valence-electron chi connectivity index (χ0n) is 15.3. The number of rotatable bonds is 8. The second-order valence-corrected chi connectivity index (χ2v) is 6.68. The smallest absolute Gasteiger partial charge is 0.252 e. The van der Waals surface area contributed by atoms with Crippen LogP contribution in [0.1, 0.15) is 38.4 Å². The number of phenolic OH excluding ortho intramolecular Hbond substituents is 1. The average Bonchev–Trinajstić information content (AvgIpc) is 3.08. The molecule has 3 aromatic rings. The summed E-state index contributed by atoms with van der Waals surface area (Å²) in [6.45, 7) is -0.235. The fourth-order valence-electron chi connectivity index (χ4n) is 3.22. The molecule has 0 saturated carbocycles. The largest absolute Gasteiger partial charge is 0.508 e. The first kappa shape index (κ1) is 19.6. The summed E-state index contributed by atoms with van der Waals surface area (Å²) in [6.07, 6.45) is 2.09. The minimum Gasteiger partial charge on any atom is -0.508 e. The molecule has 0 aliphatic heterocycles. The van der Waals surface area contributed by atoms with Gasteiger partial charge in [0.15, 0.2) is 0 Å². The molecule has 3 rings (SSSR count). The number of carbonyl (C=O) groups excluding carboxylic acids is 1. The summed E-state index contributed by atoms with van der Waals surface area (Å²) in [6, 6.07) is 11.3. The van der Waals surface area contributed by atoms with E-state index in [2.05, 4.69) is 10.2 Å². The number of nitrogens with zero attached hydrogens (tertiary/aromatic N) is 1. The van der Waals surface area contributed by atoms with Crippen molar-refractivity contribution in [1.82, 2.24) is 10.2 Å². The zero-order chi connectivity index (χ0) is 20.1. The van der Waals surface area contributed by atoms with Crippen molar-refractivity contribution in [3.63, 3.8) is 0 Å². The second kappa shape index (κ2) is 8.67. The number of hydrogen-bond acceptors (Lipinski definition) is 4. The van der Waals surface area contributed by atoms with Gasteiger partial charge in [-0.1, -0.05) is 18.2 Å². The molecule has 1 aromatic heterocycles. The minimum absolute atomic E-state index is 0.201. The molecule has 0 aliphatic rings. The van der Waals surface area contributed by atoms with Gasteiger partial charge < -0.3 is 15.9 Å². The van der Waals surface area contributed by atoms with Gasteiger partial charge in [-0.15, -0.1) is 0 Å². The van der Waals surface area contributed by atoms with Crippen LogP contribution in [0.25, 0.3) is 0 Å². The van der Waals surface area contributed by atoms with Gasteiger partial charge in [0.05, 0.1) is 17.9 Å². The predicted octanol–water partition coefficient (Wildman–Crippen LogP) is 2.42. The number of aryl methyl sites for hydroxylation is 4. The molecule has 1 heterocycles. The van der Waals surface area contributed by atoms with Crippen LogP contribution >= 0.6 is 0 Å². The third kappa shape index (κ3) is 4.75. The molecule has 6 nitrogen and oxygen atoms in total. The molecule has 0 saturated heterocycles. The average molecular weight is 383 g/mol. The van der Waals surface area contributed by atoms with Gasteiger partial charge in [-0.3, -0.25) is 9.89 Å². The van der Waals surface area contributed by atoms with Gasteiger partial charge in [0, 0.05) is 5.69 Å². The Hall–Kier alpha value is -3.19. The maximum Gasteiger partial charge on any atom is 0.252 e. The van der Waals surface area contributed by atoms with Crippen molar-refractivity contribution in [3.05, 3.63) is 81.9 Å². The van der Waals surface area contributed by atoms with Crippen LogP contribution in [-0.2, 0) is 32.3 Å². The number of nitrogens with two attached hydrogens (primary N) is 1. The van der Waals surface area contributed by atoms with Crippen molar-refractivity contribution < 1.29 is 19.4 Å². The molecule has 146 valence electrons. The van der Waals surface area contributed by atoms with E-state index in [1.165, 1.54) is 12.1 Å². The second-order valence-electron chi connectivity index (χ2n) is 6.68.